The number of hydrogen-bond donors (Lipinski definition) is 1. The van der Waals surface area contributed by atoms with Gasteiger partial charge in [0.15, 0.2) is 0 Å². The molecule has 17 heavy (non-hydrogen) atoms. The monoisotopic (exact) mass is 253 g/mol. The zero-order valence-corrected chi connectivity index (χ0v) is 11.5. The molecule has 1 aliphatic rings. The van der Waals surface area contributed by atoms with Gasteiger partial charge in [0.2, 0.25) is 0 Å². The van der Waals surface area contributed by atoms with Crippen LogP contribution >= 0.6 is 11.3 Å². The zero-order valence-electron chi connectivity index (χ0n) is 10.7. The molecule has 0 amide bonds. The lowest BCUT2D eigenvalue weighted by molar-refractivity contribution is -0.0211. The van der Waals surface area contributed by atoms with Crippen molar-refractivity contribution >= 4 is 11.3 Å². The highest BCUT2D eigenvalue weighted by atomic mass is 32.1. The van der Waals surface area contributed by atoms with Crippen molar-refractivity contribution in [2.24, 2.45) is 11.7 Å². The third kappa shape index (κ3) is 3.54. The van der Waals surface area contributed by atoms with Crippen molar-refractivity contribution < 1.29 is 4.74 Å². The van der Waals surface area contributed by atoms with Crippen LogP contribution in [0.3, 0.4) is 0 Å². The maximum absolute atomic E-state index is 6.10. The van der Waals surface area contributed by atoms with E-state index < -0.39 is 0 Å². The Labute approximate surface area is 108 Å². The topological polar surface area (TPSA) is 35.2 Å². The van der Waals surface area contributed by atoms with Crippen LogP contribution in [0.1, 0.15) is 48.8 Å². The van der Waals surface area contributed by atoms with Gasteiger partial charge in [-0.3, -0.25) is 0 Å². The van der Waals surface area contributed by atoms with E-state index in [-0.39, 0.29) is 0 Å². The molecule has 1 heterocycles. The van der Waals surface area contributed by atoms with Gasteiger partial charge in [-0.1, -0.05) is 26.2 Å². The molecule has 0 bridgehead atoms. The first-order valence-corrected chi connectivity index (χ1v) is 7.54. The van der Waals surface area contributed by atoms with Gasteiger partial charge in [0.05, 0.1) is 12.7 Å². The van der Waals surface area contributed by atoms with Gasteiger partial charge in [0, 0.05) is 16.3 Å². The molecule has 0 radical (unpaired) electrons. The first-order valence-electron chi connectivity index (χ1n) is 6.72. The van der Waals surface area contributed by atoms with E-state index in [9.17, 15) is 0 Å². The summed E-state index contributed by atoms with van der Waals surface area (Å²) >= 11 is 1.78. The van der Waals surface area contributed by atoms with Gasteiger partial charge in [-0.25, -0.2) is 0 Å². The first kappa shape index (κ1) is 13.1. The molecule has 0 aliphatic heterocycles. The smallest absolute Gasteiger partial charge is 0.0813 e. The molecular formula is C14H23NOS. The highest BCUT2D eigenvalue weighted by Crippen LogP contribution is 2.30. The summed E-state index contributed by atoms with van der Waals surface area (Å²) in [7, 11) is 0. The van der Waals surface area contributed by atoms with Crippen molar-refractivity contribution in [1.82, 2.24) is 0 Å². The summed E-state index contributed by atoms with van der Waals surface area (Å²) in [5.74, 6) is 0.776. The van der Waals surface area contributed by atoms with Crippen LogP contribution < -0.4 is 5.73 Å². The number of hydrogen-bond acceptors (Lipinski definition) is 3. The fourth-order valence-corrected chi connectivity index (χ4v) is 3.48. The van der Waals surface area contributed by atoms with Gasteiger partial charge in [0.25, 0.3) is 0 Å². The average Bonchev–Trinajstić information content (AvgIpc) is 2.84. The molecule has 2 nitrogen and oxygen atoms in total. The predicted octanol–water partition coefficient (Wildman–Crippen LogP) is 3.69. The van der Waals surface area contributed by atoms with Crippen molar-refractivity contribution in [2.45, 2.75) is 58.3 Å². The van der Waals surface area contributed by atoms with Crippen LogP contribution in [0, 0.1) is 5.92 Å². The summed E-state index contributed by atoms with van der Waals surface area (Å²) in [4.78, 5) is 2.56. The maximum atomic E-state index is 6.10. The SMILES string of the molecule is CCC1CCCCC1OCc1ccc(CN)s1. The Morgan fingerprint density at radius 3 is 2.76 bits per heavy atom. The summed E-state index contributed by atoms with van der Waals surface area (Å²) in [5.41, 5.74) is 5.62. The summed E-state index contributed by atoms with van der Waals surface area (Å²) in [6.45, 7) is 3.70. The Morgan fingerprint density at radius 1 is 1.29 bits per heavy atom. The van der Waals surface area contributed by atoms with Crippen LogP contribution in [0.2, 0.25) is 0 Å². The molecule has 1 saturated carbocycles. The van der Waals surface area contributed by atoms with Crippen LogP contribution in [-0.4, -0.2) is 6.10 Å². The summed E-state index contributed by atoms with van der Waals surface area (Å²) < 4.78 is 6.10. The second-order valence-corrected chi connectivity index (χ2v) is 6.13. The molecule has 2 rings (SSSR count). The van der Waals surface area contributed by atoms with Gasteiger partial charge < -0.3 is 10.5 Å². The van der Waals surface area contributed by atoms with E-state index in [0.717, 1.165) is 12.5 Å². The van der Waals surface area contributed by atoms with Gasteiger partial charge in [-0.05, 0) is 30.9 Å². The predicted molar refractivity (Wildman–Crippen MR) is 73.0 cm³/mol. The van der Waals surface area contributed by atoms with E-state index in [4.69, 9.17) is 10.5 Å². The standard InChI is InChI=1S/C14H23NOS/c1-2-11-5-3-4-6-14(11)16-10-13-8-7-12(9-15)17-13/h7-8,11,14H,2-6,9-10,15H2,1H3. The van der Waals surface area contributed by atoms with Gasteiger partial charge >= 0.3 is 0 Å². The molecule has 2 N–H and O–H groups in total. The molecular weight excluding hydrogens is 230 g/mol. The van der Waals surface area contributed by atoms with Crippen molar-refractivity contribution in [3.05, 3.63) is 21.9 Å². The Morgan fingerprint density at radius 2 is 2.06 bits per heavy atom. The Bertz CT molecular complexity index is 337. The molecule has 2 unspecified atom stereocenters. The number of ether oxygens (including phenoxy) is 1. The van der Waals surface area contributed by atoms with Crippen molar-refractivity contribution in [3.63, 3.8) is 0 Å². The number of thiophene rings is 1. The lowest BCUT2D eigenvalue weighted by atomic mass is 9.85. The van der Waals surface area contributed by atoms with Crippen molar-refractivity contribution in [1.29, 1.82) is 0 Å². The second kappa shape index (κ2) is 6.53. The van der Waals surface area contributed by atoms with E-state index in [1.807, 2.05) is 0 Å². The highest BCUT2D eigenvalue weighted by molar-refractivity contribution is 7.11. The van der Waals surface area contributed by atoms with E-state index in [0.29, 0.717) is 12.6 Å². The van der Waals surface area contributed by atoms with Gasteiger partial charge in [-0.2, -0.15) is 0 Å². The lowest BCUT2D eigenvalue weighted by Crippen LogP contribution is -2.26. The molecule has 1 fully saturated rings. The van der Waals surface area contributed by atoms with E-state index in [1.165, 1.54) is 41.9 Å². The summed E-state index contributed by atoms with van der Waals surface area (Å²) in [5, 5.41) is 0. The number of nitrogens with two attached hydrogens (primary N) is 1. The highest BCUT2D eigenvalue weighted by Gasteiger charge is 2.24. The first-order chi connectivity index (χ1) is 8.33. The van der Waals surface area contributed by atoms with Crippen LogP contribution in [0.25, 0.3) is 0 Å². The molecule has 3 heteroatoms. The molecule has 0 aromatic carbocycles. The third-order valence-electron chi connectivity index (χ3n) is 3.72. The van der Waals surface area contributed by atoms with Crippen molar-refractivity contribution in [2.75, 3.05) is 0 Å². The van der Waals surface area contributed by atoms with E-state index in [2.05, 4.69) is 19.1 Å². The fraction of sp³-hybridized carbons (Fsp3) is 0.714. The minimum absolute atomic E-state index is 0.483. The zero-order chi connectivity index (χ0) is 12.1. The van der Waals surface area contributed by atoms with Gasteiger partial charge in [-0.15, -0.1) is 11.3 Å². The van der Waals surface area contributed by atoms with Crippen LogP contribution in [0.5, 0.6) is 0 Å². The Kier molecular flexibility index (Phi) is 5.01. The summed E-state index contributed by atoms with van der Waals surface area (Å²) in [6.07, 6.45) is 7.04. The van der Waals surface area contributed by atoms with Crippen molar-refractivity contribution in [3.8, 4) is 0 Å². The Hall–Kier alpha value is -0.380. The minimum Gasteiger partial charge on any atom is -0.372 e. The van der Waals surface area contributed by atoms with Crippen LogP contribution in [-0.2, 0) is 17.9 Å². The fourth-order valence-electron chi connectivity index (χ4n) is 2.66. The van der Waals surface area contributed by atoms with E-state index in [1.54, 1.807) is 11.3 Å². The molecule has 1 aliphatic carbocycles. The lowest BCUT2D eigenvalue weighted by Gasteiger charge is -2.30. The number of rotatable bonds is 5. The molecule has 1 aromatic rings. The quantitative estimate of drug-likeness (QED) is 0.868. The molecule has 2 atom stereocenters. The largest absolute Gasteiger partial charge is 0.372 e. The normalized spacial score (nSPS) is 25.1. The van der Waals surface area contributed by atoms with Crippen LogP contribution in [0.4, 0.5) is 0 Å². The van der Waals surface area contributed by atoms with E-state index >= 15 is 0 Å². The van der Waals surface area contributed by atoms with Crippen LogP contribution in [0.15, 0.2) is 12.1 Å². The second-order valence-electron chi connectivity index (χ2n) is 4.87. The third-order valence-corrected chi connectivity index (χ3v) is 4.80. The maximum Gasteiger partial charge on any atom is 0.0813 e. The molecule has 0 spiro atoms. The minimum atomic E-state index is 0.483. The molecule has 0 saturated heterocycles. The average molecular weight is 253 g/mol. The molecule has 96 valence electrons. The molecule has 1 aromatic heterocycles. The van der Waals surface area contributed by atoms with Gasteiger partial charge in [0.1, 0.15) is 0 Å². The Balaban J connectivity index is 1.83. The summed E-state index contributed by atoms with van der Waals surface area (Å²) in [6, 6.07) is 4.26.